The topological polar surface area (TPSA) is 78.4 Å². The molecule has 5 nitrogen and oxygen atoms in total. The average molecular weight is 318 g/mol. The highest BCUT2D eigenvalue weighted by Crippen LogP contribution is 2.13. The number of alkyl halides is 3. The molecule has 1 heterocycles. The third-order valence-electron chi connectivity index (χ3n) is 2.91. The van der Waals surface area contributed by atoms with E-state index in [1.807, 2.05) is 30.3 Å². The van der Waals surface area contributed by atoms with E-state index in [0.717, 1.165) is 31.5 Å². The van der Waals surface area contributed by atoms with E-state index in [9.17, 15) is 18.0 Å². The van der Waals surface area contributed by atoms with Gasteiger partial charge >= 0.3 is 12.1 Å². The lowest BCUT2D eigenvalue weighted by Crippen LogP contribution is -2.45. The second-order valence-corrected chi connectivity index (χ2v) is 4.69. The number of rotatable bonds is 2. The van der Waals surface area contributed by atoms with E-state index in [-0.39, 0.29) is 11.9 Å². The van der Waals surface area contributed by atoms with Crippen LogP contribution in [0.25, 0.3) is 0 Å². The molecule has 1 amide bonds. The summed E-state index contributed by atoms with van der Waals surface area (Å²) in [6, 6.07) is 9.64. The summed E-state index contributed by atoms with van der Waals surface area (Å²) in [6.07, 6.45) is -2.87. The minimum atomic E-state index is -5.08. The molecular formula is C14H17F3N2O3. The van der Waals surface area contributed by atoms with Crippen LogP contribution in [0.15, 0.2) is 30.3 Å². The molecule has 1 aromatic carbocycles. The molecule has 1 aliphatic rings. The van der Waals surface area contributed by atoms with Gasteiger partial charge in [-0.05, 0) is 31.5 Å². The number of hydrogen-bond donors (Lipinski definition) is 3. The van der Waals surface area contributed by atoms with Crippen LogP contribution >= 0.6 is 0 Å². The van der Waals surface area contributed by atoms with Gasteiger partial charge in [-0.2, -0.15) is 13.2 Å². The van der Waals surface area contributed by atoms with Crippen molar-refractivity contribution in [1.82, 2.24) is 10.6 Å². The summed E-state index contributed by atoms with van der Waals surface area (Å²) in [7, 11) is 0. The lowest BCUT2D eigenvalue weighted by Gasteiger charge is -2.23. The van der Waals surface area contributed by atoms with Crippen molar-refractivity contribution in [2.24, 2.45) is 0 Å². The molecule has 0 saturated carbocycles. The zero-order chi connectivity index (χ0) is 16.6. The molecule has 0 spiro atoms. The Hall–Kier alpha value is -2.09. The van der Waals surface area contributed by atoms with Gasteiger partial charge in [-0.3, -0.25) is 4.79 Å². The molecule has 0 aliphatic carbocycles. The number of halogens is 3. The number of benzene rings is 1. The number of hydrogen-bond acceptors (Lipinski definition) is 3. The average Bonchev–Trinajstić information content (AvgIpc) is 2.49. The Morgan fingerprint density at radius 2 is 1.82 bits per heavy atom. The number of carbonyl (C=O) groups is 2. The summed E-state index contributed by atoms with van der Waals surface area (Å²) in [5.41, 5.74) is 0.739. The summed E-state index contributed by atoms with van der Waals surface area (Å²) in [5, 5.41) is 13.4. The molecule has 0 bridgehead atoms. The Morgan fingerprint density at radius 1 is 1.23 bits per heavy atom. The van der Waals surface area contributed by atoms with Gasteiger partial charge in [-0.1, -0.05) is 18.2 Å². The Labute approximate surface area is 125 Å². The lowest BCUT2D eigenvalue weighted by atomic mass is 10.1. The van der Waals surface area contributed by atoms with Gasteiger partial charge in [0.05, 0.1) is 0 Å². The molecule has 0 aromatic heterocycles. The fraction of sp³-hybridized carbons (Fsp3) is 0.429. The fourth-order valence-corrected chi connectivity index (χ4v) is 1.83. The van der Waals surface area contributed by atoms with E-state index in [0.29, 0.717) is 0 Å². The van der Waals surface area contributed by atoms with E-state index in [1.165, 1.54) is 0 Å². The maximum absolute atomic E-state index is 11.8. The molecule has 1 unspecified atom stereocenters. The van der Waals surface area contributed by atoms with Gasteiger partial charge < -0.3 is 15.7 Å². The summed E-state index contributed by atoms with van der Waals surface area (Å²) in [4.78, 5) is 20.7. The zero-order valence-corrected chi connectivity index (χ0v) is 11.7. The minimum absolute atomic E-state index is 0.0318. The molecule has 1 saturated heterocycles. The Kier molecular flexibility index (Phi) is 6.84. The van der Waals surface area contributed by atoms with E-state index < -0.39 is 12.1 Å². The normalized spacial score (nSPS) is 17.9. The molecular weight excluding hydrogens is 301 g/mol. The lowest BCUT2D eigenvalue weighted by molar-refractivity contribution is -0.192. The van der Waals surface area contributed by atoms with E-state index >= 15 is 0 Å². The van der Waals surface area contributed by atoms with Crippen LogP contribution in [0.4, 0.5) is 13.2 Å². The summed E-state index contributed by atoms with van der Waals surface area (Å²) in [5.74, 6) is -2.73. The standard InChI is InChI=1S/C12H16N2O.C2HF3O2/c15-12(10-5-2-1-3-6-10)14-11-7-4-8-13-9-11;3-2(4,5)1(6)7/h1-3,5-6,11,13H,4,7-9H2,(H,14,15);(H,6,7). The minimum Gasteiger partial charge on any atom is -0.475 e. The van der Waals surface area contributed by atoms with Crippen molar-refractivity contribution in [2.45, 2.75) is 25.1 Å². The SMILES string of the molecule is O=C(NC1CCCNC1)c1ccccc1.O=C(O)C(F)(F)F. The molecule has 22 heavy (non-hydrogen) atoms. The zero-order valence-electron chi connectivity index (χ0n) is 11.7. The maximum atomic E-state index is 11.8. The van der Waals surface area contributed by atoms with Crippen molar-refractivity contribution in [1.29, 1.82) is 0 Å². The van der Waals surface area contributed by atoms with Crippen LogP contribution in [-0.2, 0) is 4.79 Å². The van der Waals surface area contributed by atoms with E-state index in [4.69, 9.17) is 9.90 Å². The third-order valence-corrected chi connectivity index (χ3v) is 2.91. The van der Waals surface area contributed by atoms with Gasteiger partial charge in [0.15, 0.2) is 0 Å². The van der Waals surface area contributed by atoms with Crippen LogP contribution in [-0.4, -0.2) is 42.3 Å². The quantitative estimate of drug-likeness (QED) is 0.777. The summed E-state index contributed by atoms with van der Waals surface area (Å²) < 4.78 is 31.7. The highest BCUT2D eigenvalue weighted by Gasteiger charge is 2.38. The first-order chi connectivity index (χ1) is 10.3. The number of carboxylic acids is 1. The van der Waals surface area contributed by atoms with Crippen molar-refractivity contribution in [2.75, 3.05) is 13.1 Å². The Morgan fingerprint density at radius 3 is 2.27 bits per heavy atom. The van der Waals surface area contributed by atoms with Crippen LogP contribution in [0.5, 0.6) is 0 Å². The van der Waals surface area contributed by atoms with Crippen molar-refractivity contribution < 1.29 is 27.9 Å². The smallest absolute Gasteiger partial charge is 0.475 e. The molecule has 2 rings (SSSR count). The second-order valence-electron chi connectivity index (χ2n) is 4.69. The van der Waals surface area contributed by atoms with Gasteiger partial charge in [0.2, 0.25) is 0 Å². The number of nitrogens with one attached hydrogen (secondary N) is 2. The molecule has 1 aliphatic heterocycles. The van der Waals surface area contributed by atoms with Crippen molar-refractivity contribution >= 4 is 11.9 Å². The Bertz CT molecular complexity index is 486. The first-order valence-electron chi connectivity index (χ1n) is 6.67. The third kappa shape index (κ3) is 6.57. The fourth-order valence-electron chi connectivity index (χ4n) is 1.83. The van der Waals surface area contributed by atoms with E-state index in [2.05, 4.69) is 10.6 Å². The first kappa shape index (κ1) is 18.0. The van der Waals surface area contributed by atoms with Crippen LogP contribution in [0.2, 0.25) is 0 Å². The largest absolute Gasteiger partial charge is 0.490 e. The molecule has 1 fully saturated rings. The van der Waals surface area contributed by atoms with Gasteiger partial charge in [0.1, 0.15) is 0 Å². The maximum Gasteiger partial charge on any atom is 0.490 e. The van der Waals surface area contributed by atoms with Crippen molar-refractivity contribution in [3.63, 3.8) is 0 Å². The highest BCUT2D eigenvalue weighted by atomic mass is 19.4. The second kappa shape index (κ2) is 8.38. The van der Waals surface area contributed by atoms with Crippen molar-refractivity contribution in [3.05, 3.63) is 35.9 Å². The van der Waals surface area contributed by atoms with E-state index in [1.54, 1.807) is 0 Å². The molecule has 122 valence electrons. The highest BCUT2D eigenvalue weighted by molar-refractivity contribution is 5.94. The molecule has 3 N–H and O–H groups in total. The first-order valence-corrected chi connectivity index (χ1v) is 6.67. The van der Waals surface area contributed by atoms with Crippen LogP contribution in [0.1, 0.15) is 23.2 Å². The number of piperidine rings is 1. The van der Waals surface area contributed by atoms with Gasteiger partial charge in [0, 0.05) is 18.2 Å². The molecule has 8 heteroatoms. The van der Waals surface area contributed by atoms with Gasteiger partial charge in [-0.25, -0.2) is 4.79 Å². The summed E-state index contributed by atoms with van der Waals surface area (Å²) >= 11 is 0. The molecule has 1 atom stereocenters. The number of carbonyl (C=O) groups excluding carboxylic acids is 1. The molecule has 0 radical (unpaired) electrons. The monoisotopic (exact) mass is 318 g/mol. The van der Waals surface area contributed by atoms with Gasteiger partial charge in [-0.15, -0.1) is 0 Å². The van der Waals surface area contributed by atoms with Crippen molar-refractivity contribution in [3.8, 4) is 0 Å². The van der Waals surface area contributed by atoms with Crippen LogP contribution in [0, 0.1) is 0 Å². The summed E-state index contributed by atoms with van der Waals surface area (Å²) in [6.45, 7) is 1.95. The van der Waals surface area contributed by atoms with Crippen LogP contribution in [0.3, 0.4) is 0 Å². The van der Waals surface area contributed by atoms with Crippen LogP contribution < -0.4 is 10.6 Å². The number of carboxylic acid groups (broad SMARTS) is 1. The predicted molar refractivity (Wildman–Crippen MR) is 73.5 cm³/mol. The number of aliphatic carboxylic acids is 1. The molecule has 1 aromatic rings. The van der Waals surface area contributed by atoms with Gasteiger partial charge in [0.25, 0.3) is 5.91 Å². The Balaban J connectivity index is 0.000000295. The predicted octanol–water partition coefficient (Wildman–Crippen LogP) is 1.80. The number of amides is 1.